The van der Waals surface area contributed by atoms with Gasteiger partial charge >= 0.3 is 0 Å². The highest BCUT2D eigenvalue weighted by Crippen LogP contribution is 2.42. The largest absolute Gasteiger partial charge is 0.376 e. The van der Waals surface area contributed by atoms with Gasteiger partial charge in [-0.25, -0.2) is 0 Å². The molecular formula is C14H24BNO. The van der Waals surface area contributed by atoms with E-state index in [0.29, 0.717) is 0 Å². The van der Waals surface area contributed by atoms with Gasteiger partial charge in [-0.05, 0) is 33.1 Å². The Morgan fingerprint density at radius 3 is 2.47 bits per heavy atom. The molecule has 0 bridgehead atoms. The molecule has 2 nitrogen and oxygen atoms in total. The zero-order valence-electron chi connectivity index (χ0n) is 11.7. The summed E-state index contributed by atoms with van der Waals surface area (Å²) >= 11 is 0. The van der Waals surface area contributed by atoms with Crippen molar-refractivity contribution in [2.45, 2.75) is 57.3 Å². The lowest BCUT2D eigenvalue weighted by Crippen LogP contribution is -2.58. The highest BCUT2D eigenvalue weighted by molar-refractivity contribution is 6.15. The molecule has 1 aliphatic carbocycles. The Hall–Kier alpha value is -0.435. The van der Waals surface area contributed by atoms with Gasteiger partial charge in [-0.15, -0.1) is 0 Å². The van der Waals surface area contributed by atoms with Crippen molar-refractivity contribution in [3.63, 3.8) is 0 Å². The Kier molecular flexibility index (Phi) is 3.33. The smallest absolute Gasteiger partial charge is 0.0833 e. The second kappa shape index (κ2) is 4.35. The molecule has 0 N–H and O–H groups in total. The fraction of sp³-hybridized carbons (Fsp3) is 0.857. The highest BCUT2D eigenvalue weighted by Gasteiger charge is 2.39. The maximum atomic E-state index is 6.31. The van der Waals surface area contributed by atoms with E-state index in [-0.39, 0.29) is 10.9 Å². The van der Waals surface area contributed by atoms with Gasteiger partial charge in [0.2, 0.25) is 0 Å². The monoisotopic (exact) mass is 233 g/mol. The molecular weight excluding hydrogens is 209 g/mol. The molecule has 1 heterocycles. The second-order valence-corrected chi connectivity index (χ2v) is 6.46. The first-order chi connectivity index (χ1) is 7.84. The summed E-state index contributed by atoms with van der Waals surface area (Å²) in [7, 11) is 8.52. The Bertz CT molecular complexity index is 331. The summed E-state index contributed by atoms with van der Waals surface area (Å²) in [6.45, 7) is 8.39. The van der Waals surface area contributed by atoms with E-state index >= 15 is 0 Å². The number of ether oxygens (including phenoxy) is 1. The Balaban J connectivity index is 2.18. The molecule has 3 heteroatoms. The Morgan fingerprint density at radius 1 is 1.29 bits per heavy atom. The fourth-order valence-electron chi connectivity index (χ4n) is 3.04. The van der Waals surface area contributed by atoms with Crippen LogP contribution in [0.15, 0.2) is 11.3 Å². The number of allylic oxidation sites excluding steroid dienone is 2. The molecule has 0 saturated carbocycles. The normalized spacial score (nSPS) is 32.9. The number of hydrogen-bond acceptors (Lipinski definition) is 2. The van der Waals surface area contributed by atoms with E-state index < -0.39 is 0 Å². The Morgan fingerprint density at radius 2 is 1.94 bits per heavy atom. The van der Waals surface area contributed by atoms with Crippen molar-refractivity contribution in [3.05, 3.63) is 11.3 Å². The number of rotatable bonds is 2. The summed E-state index contributed by atoms with van der Waals surface area (Å²) in [4.78, 5) is 2.44. The van der Waals surface area contributed by atoms with Gasteiger partial charge in [0.1, 0.15) is 0 Å². The van der Waals surface area contributed by atoms with E-state index in [2.05, 4.69) is 32.7 Å². The molecule has 0 aromatic rings. The minimum absolute atomic E-state index is 0.0241. The molecule has 1 unspecified atom stereocenters. The Labute approximate surface area is 107 Å². The third-order valence-electron chi connectivity index (χ3n) is 4.36. The average Bonchev–Trinajstić information content (AvgIpc) is 2.31. The molecule has 1 aliphatic heterocycles. The van der Waals surface area contributed by atoms with Crippen LogP contribution in [0, 0.1) is 0 Å². The van der Waals surface area contributed by atoms with Crippen molar-refractivity contribution in [2.24, 2.45) is 0 Å². The minimum Gasteiger partial charge on any atom is -0.376 e. The van der Waals surface area contributed by atoms with Crippen LogP contribution >= 0.6 is 0 Å². The summed E-state index contributed by atoms with van der Waals surface area (Å²) in [6.07, 6.45) is 4.49. The van der Waals surface area contributed by atoms with E-state index in [1.807, 2.05) is 0 Å². The minimum atomic E-state index is -0.0241. The van der Waals surface area contributed by atoms with E-state index in [4.69, 9.17) is 12.6 Å². The lowest BCUT2D eigenvalue weighted by molar-refractivity contribution is -0.111. The van der Waals surface area contributed by atoms with Crippen LogP contribution in [0.3, 0.4) is 0 Å². The topological polar surface area (TPSA) is 12.5 Å². The van der Waals surface area contributed by atoms with E-state index in [9.17, 15) is 0 Å². The molecule has 0 aromatic heterocycles. The van der Waals surface area contributed by atoms with Crippen LogP contribution in [0.4, 0.5) is 0 Å². The van der Waals surface area contributed by atoms with Crippen LogP contribution in [-0.2, 0) is 4.74 Å². The van der Waals surface area contributed by atoms with Gasteiger partial charge < -0.3 is 9.64 Å². The maximum absolute atomic E-state index is 6.31. The van der Waals surface area contributed by atoms with E-state index in [0.717, 1.165) is 32.5 Å². The van der Waals surface area contributed by atoms with Gasteiger partial charge in [-0.2, -0.15) is 0 Å². The van der Waals surface area contributed by atoms with Crippen LogP contribution in [0.1, 0.15) is 46.5 Å². The SMILES string of the molecule is [B]C1(C)CCCC(N(C)C2(C)COC2)=C(C)C1. The van der Waals surface area contributed by atoms with Gasteiger partial charge in [0.05, 0.1) is 26.6 Å². The summed E-state index contributed by atoms with van der Waals surface area (Å²) in [5, 5.41) is -0.0241. The zero-order chi connectivity index (χ0) is 12.7. The standard InChI is InChI=1S/C14H24BNO/c1-11-8-13(2,15)7-5-6-12(11)16(4)14(3)9-17-10-14/h5-10H2,1-4H3. The van der Waals surface area contributed by atoms with Crippen molar-refractivity contribution in [1.82, 2.24) is 4.90 Å². The highest BCUT2D eigenvalue weighted by atomic mass is 16.5. The van der Waals surface area contributed by atoms with Gasteiger partial charge in [0.15, 0.2) is 0 Å². The maximum Gasteiger partial charge on any atom is 0.0833 e. The summed E-state index contributed by atoms with van der Waals surface area (Å²) in [5.41, 5.74) is 3.15. The van der Waals surface area contributed by atoms with E-state index in [1.54, 1.807) is 0 Å². The van der Waals surface area contributed by atoms with Crippen LogP contribution < -0.4 is 0 Å². The van der Waals surface area contributed by atoms with Crippen LogP contribution in [-0.4, -0.2) is 38.5 Å². The molecule has 2 radical (unpaired) electrons. The first-order valence-corrected chi connectivity index (χ1v) is 6.63. The number of likely N-dealkylation sites (N-methyl/N-ethyl adjacent to an activating group) is 1. The number of nitrogens with zero attached hydrogens (tertiary/aromatic N) is 1. The van der Waals surface area contributed by atoms with Crippen molar-refractivity contribution in [2.75, 3.05) is 20.3 Å². The lowest BCUT2D eigenvalue weighted by atomic mass is 9.65. The summed E-state index contributed by atoms with van der Waals surface area (Å²) in [6, 6.07) is 0. The van der Waals surface area contributed by atoms with Crippen LogP contribution in [0.2, 0.25) is 5.31 Å². The molecule has 2 rings (SSSR count). The molecule has 94 valence electrons. The summed E-state index contributed by atoms with van der Waals surface area (Å²) in [5.74, 6) is 0. The lowest BCUT2D eigenvalue weighted by Gasteiger charge is -2.48. The molecule has 0 spiro atoms. The first-order valence-electron chi connectivity index (χ1n) is 6.63. The van der Waals surface area contributed by atoms with Crippen molar-refractivity contribution >= 4 is 7.85 Å². The van der Waals surface area contributed by atoms with E-state index in [1.165, 1.54) is 17.7 Å². The van der Waals surface area contributed by atoms with Crippen LogP contribution in [0.25, 0.3) is 0 Å². The third-order valence-corrected chi connectivity index (χ3v) is 4.36. The predicted octanol–water partition coefficient (Wildman–Crippen LogP) is 2.90. The average molecular weight is 233 g/mol. The van der Waals surface area contributed by atoms with Crippen molar-refractivity contribution in [3.8, 4) is 0 Å². The summed E-state index contributed by atoms with van der Waals surface area (Å²) < 4.78 is 5.37. The number of hydrogen-bond donors (Lipinski definition) is 0. The second-order valence-electron chi connectivity index (χ2n) is 6.46. The van der Waals surface area contributed by atoms with Gasteiger partial charge in [-0.1, -0.05) is 24.2 Å². The molecule has 2 aliphatic rings. The molecule has 1 fully saturated rings. The molecule has 1 atom stereocenters. The van der Waals surface area contributed by atoms with Gasteiger partial charge in [-0.3, -0.25) is 0 Å². The molecule has 0 aromatic carbocycles. The van der Waals surface area contributed by atoms with Crippen molar-refractivity contribution in [1.29, 1.82) is 0 Å². The molecule has 17 heavy (non-hydrogen) atoms. The predicted molar refractivity (Wildman–Crippen MR) is 72.3 cm³/mol. The van der Waals surface area contributed by atoms with Crippen LogP contribution in [0.5, 0.6) is 0 Å². The third kappa shape index (κ3) is 2.54. The van der Waals surface area contributed by atoms with Gasteiger partial charge in [0.25, 0.3) is 0 Å². The molecule has 1 saturated heterocycles. The first kappa shape index (κ1) is 13.0. The quantitative estimate of drug-likeness (QED) is 0.680. The van der Waals surface area contributed by atoms with Gasteiger partial charge in [0, 0.05) is 12.7 Å². The fourth-order valence-corrected chi connectivity index (χ4v) is 3.04. The van der Waals surface area contributed by atoms with Crippen molar-refractivity contribution < 1.29 is 4.74 Å². The zero-order valence-corrected chi connectivity index (χ0v) is 11.7. The molecule has 0 amide bonds.